The largest absolute Gasteiger partial charge is 0.350 e. The van der Waals surface area contributed by atoms with Crippen LogP contribution < -0.4 is 5.32 Å². The van der Waals surface area contributed by atoms with Gasteiger partial charge in [-0.1, -0.05) is 60.2 Å². The highest BCUT2D eigenvalue weighted by Gasteiger charge is 2.24. The van der Waals surface area contributed by atoms with Gasteiger partial charge in [0.2, 0.25) is 5.91 Å². The molecule has 0 aliphatic rings. The van der Waals surface area contributed by atoms with Crippen molar-refractivity contribution in [2.45, 2.75) is 32.9 Å². The average Bonchev–Trinajstić information content (AvgIpc) is 3.21. The van der Waals surface area contributed by atoms with E-state index >= 15 is 0 Å². The second-order valence-corrected chi connectivity index (χ2v) is 7.81. The van der Waals surface area contributed by atoms with Crippen molar-refractivity contribution in [3.63, 3.8) is 0 Å². The molecule has 0 aliphatic heterocycles. The molecule has 1 unspecified atom stereocenters. The molecule has 1 amide bonds. The molecule has 6 nitrogen and oxygen atoms in total. The van der Waals surface area contributed by atoms with Crippen molar-refractivity contribution in [2.75, 3.05) is 0 Å². The van der Waals surface area contributed by atoms with Gasteiger partial charge in [0, 0.05) is 13.0 Å². The second-order valence-electron chi connectivity index (χ2n) is 7.81. The van der Waals surface area contributed by atoms with Crippen LogP contribution in [0.4, 0.5) is 4.39 Å². The van der Waals surface area contributed by atoms with Gasteiger partial charge in [0.1, 0.15) is 17.7 Å². The molecule has 4 aromatic rings. The Kier molecular flexibility index (Phi) is 6.35. The van der Waals surface area contributed by atoms with Crippen LogP contribution in [0, 0.1) is 19.7 Å². The first kappa shape index (κ1) is 21.4. The molecular formula is C25H24FN5O. The first-order valence-electron chi connectivity index (χ1n) is 10.4. The average molecular weight is 429 g/mol. The topological polar surface area (TPSA) is 72.7 Å². The lowest BCUT2D eigenvalue weighted by Crippen LogP contribution is -2.34. The summed E-state index contributed by atoms with van der Waals surface area (Å²) >= 11 is 0. The number of nitrogens with one attached hydrogen (secondary N) is 1. The third kappa shape index (κ3) is 5.06. The summed E-state index contributed by atoms with van der Waals surface area (Å²) in [4.78, 5) is 13.1. The first-order chi connectivity index (χ1) is 15.5. The van der Waals surface area contributed by atoms with Crippen molar-refractivity contribution in [2.24, 2.45) is 0 Å². The maximum absolute atomic E-state index is 13.7. The normalized spacial score (nSPS) is 11.8. The molecule has 1 heterocycles. The van der Waals surface area contributed by atoms with Crippen LogP contribution in [0.15, 0.2) is 72.8 Å². The highest BCUT2D eigenvalue weighted by molar-refractivity contribution is 5.80. The van der Waals surface area contributed by atoms with E-state index in [0.717, 1.165) is 16.7 Å². The van der Waals surface area contributed by atoms with Crippen LogP contribution in [0.25, 0.3) is 11.1 Å². The molecule has 162 valence electrons. The van der Waals surface area contributed by atoms with Crippen LogP contribution in [0.5, 0.6) is 0 Å². The van der Waals surface area contributed by atoms with E-state index < -0.39 is 6.04 Å². The molecule has 7 heteroatoms. The van der Waals surface area contributed by atoms with Gasteiger partial charge in [-0.15, -0.1) is 5.10 Å². The Morgan fingerprint density at radius 2 is 1.69 bits per heavy atom. The van der Waals surface area contributed by atoms with Gasteiger partial charge < -0.3 is 5.32 Å². The summed E-state index contributed by atoms with van der Waals surface area (Å²) in [5, 5.41) is 14.5. The zero-order chi connectivity index (χ0) is 22.5. The lowest BCUT2D eigenvalue weighted by Gasteiger charge is -2.18. The number of halogens is 1. The van der Waals surface area contributed by atoms with Gasteiger partial charge in [-0.25, -0.2) is 9.07 Å². The van der Waals surface area contributed by atoms with Crippen LogP contribution in [0.2, 0.25) is 0 Å². The molecule has 1 aromatic heterocycles. The maximum Gasteiger partial charge on any atom is 0.245 e. The van der Waals surface area contributed by atoms with Crippen molar-refractivity contribution < 1.29 is 9.18 Å². The Balaban J connectivity index is 1.51. The van der Waals surface area contributed by atoms with E-state index in [-0.39, 0.29) is 18.1 Å². The zero-order valence-corrected chi connectivity index (χ0v) is 18.0. The molecule has 0 spiro atoms. The number of carbonyl (C=O) groups excluding carboxylic acids is 1. The summed E-state index contributed by atoms with van der Waals surface area (Å²) < 4.78 is 15.1. The van der Waals surface area contributed by atoms with E-state index in [4.69, 9.17) is 0 Å². The molecule has 0 saturated carbocycles. The highest BCUT2D eigenvalue weighted by Crippen LogP contribution is 2.22. The van der Waals surface area contributed by atoms with E-state index in [9.17, 15) is 9.18 Å². The van der Waals surface area contributed by atoms with Gasteiger partial charge in [-0.05, 0) is 64.7 Å². The molecule has 0 fully saturated rings. The van der Waals surface area contributed by atoms with E-state index in [2.05, 4.69) is 58.1 Å². The summed E-state index contributed by atoms with van der Waals surface area (Å²) in [6, 6.07) is 21.9. The summed E-state index contributed by atoms with van der Waals surface area (Å²) in [5.41, 5.74) is 5.09. The van der Waals surface area contributed by atoms with Crippen LogP contribution >= 0.6 is 0 Å². The number of amides is 1. The summed E-state index contributed by atoms with van der Waals surface area (Å²) in [7, 11) is 0. The van der Waals surface area contributed by atoms with E-state index in [1.807, 2.05) is 18.2 Å². The molecule has 0 radical (unpaired) electrons. The van der Waals surface area contributed by atoms with Crippen molar-refractivity contribution >= 4 is 5.91 Å². The molecule has 4 rings (SSSR count). The summed E-state index contributed by atoms with van der Waals surface area (Å²) in [6.07, 6.45) is 0.277. The highest BCUT2D eigenvalue weighted by atomic mass is 19.1. The number of hydrogen-bond donors (Lipinski definition) is 1. The van der Waals surface area contributed by atoms with Crippen molar-refractivity contribution in [3.8, 4) is 11.1 Å². The number of rotatable bonds is 7. The standard InChI is InChI=1S/C25H24FN5O/c1-17-6-3-9-21(12-17)22-10-4-8-20(13-22)16-27-25(32)24(31-18(2)28-29-30-31)15-19-7-5-11-23(26)14-19/h3-14,24H,15-16H2,1-2H3,(H,27,32). The van der Waals surface area contributed by atoms with Gasteiger partial charge in [0.25, 0.3) is 0 Å². The molecule has 1 atom stereocenters. The summed E-state index contributed by atoms with van der Waals surface area (Å²) in [6.45, 7) is 4.16. The van der Waals surface area contributed by atoms with Crippen molar-refractivity contribution in [1.29, 1.82) is 0 Å². The van der Waals surface area contributed by atoms with Crippen molar-refractivity contribution in [3.05, 3.63) is 101 Å². The molecule has 3 aromatic carbocycles. The Morgan fingerprint density at radius 1 is 0.969 bits per heavy atom. The predicted molar refractivity (Wildman–Crippen MR) is 120 cm³/mol. The second kappa shape index (κ2) is 9.51. The lowest BCUT2D eigenvalue weighted by molar-refractivity contribution is -0.124. The number of nitrogens with zero attached hydrogens (tertiary/aromatic N) is 4. The number of aryl methyl sites for hydroxylation is 2. The molecule has 0 aliphatic carbocycles. The summed E-state index contributed by atoms with van der Waals surface area (Å²) in [5.74, 6) is -0.0586. The predicted octanol–water partition coefficient (Wildman–Crippen LogP) is 4.20. The fourth-order valence-corrected chi connectivity index (χ4v) is 3.70. The van der Waals surface area contributed by atoms with Gasteiger partial charge >= 0.3 is 0 Å². The Labute approximate surface area is 186 Å². The Bertz CT molecular complexity index is 1240. The maximum atomic E-state index is 13.7. The number of aromatic nitrogens is 4. The fourth-order valence-electron chi connectivity index (χ4n) is 3.70. The molecule has 1 N–H and O–H groups in total. The smallest absolute Gasteiger partial charge is 0.245 e. The van der Waals surface area contributed by atoms with Crippen LogP contribution in [-0.2, 0) is 17.8 Å². The third-order valence-electron chi connectivity index (χ3n) is 5.32. The minimum Gasteiger partial charge on any atom is -0.350 e. The number of carbonyl (C=O) groups is 1. The molecule has 0 bridgehead atoms. The first-order valence-corrected chi connectivity index (χ1v) is 10.4. The molecule has 32 heavy (non-hydrogen) atoms. The lowest BCUT2D eigenvalue weighted by atomic mass is 10.0. The Hall–Kier alpha value is -3.87. The fraction of sp³-hybridized carbons (Fsp3) is 0.200. The van der Waals surface area contributed by atoms with Gasteiger partial charge in [-0.3, -0.25) is 4.79 Å². The molecular weight excluding hydrogens is 405 g/mol. The minimum absolute atomic E-state index is 0.231. The van der Waals surface area contributed by atoms with Gasteiger partial charge in [-0.2, -0.15) is 0 Å². The minimum atomic E-state index is -0.688. The number of tetrazole rings is 1. The third-order valence-corrected chi connectivity index (χ3v) is 5.32. The monoisotopic (exact) mass is 429 g/mol. The zero-order valence-electron chi connectivity index (χ0n) is 18.0. The number of benzene rings is 3. The molecule has 0 saturated heterocycles. The van der Waals surface area contributed by atoms with Crippen LogP contribution in [0.1, 0.15) is 28.6 Å². The van der Waals surface area contributed by atoms with Crippen molar-refractivity contribution in [1.82, 2.24) is 25.5 Å². The van der Waals surface area contributed by atoms with Crippen LogP contribution in [-0.4, -0.2) is 26.1 Å². The van der Waals surface area contributed by atoms with Crippen LogP contribution in [0.3, 0.4) is 0 Å². The van der Waals surface area contributed by atoms with E-state index in [1.54, 1.807) is 19.1 Å². The Morgan fingerprint density at radius 3 is 2.41 bits per heavy atom. The number of hydrogen-bond acceptors (Lipinski definition) is 4. The van der Waals surface area contributed by atoms with E-state index in [1.165, 1.54) is 22.4 Å². The van der Waals surface area contributed by atoms with Gasteiger partial charge in [0.05, 0.1) is 0 Å². The SMILES string of the molecule is Cc1cccc(-c2cccc(CNC(=O)C(Cc3cccc(F)c3)n3nnnc3C)c2)c1. The van der Waals surface area contributed by atoms with E-state index in [0.29, 0.717) is 17.9 Å². The quantitative estimate of drug-likeness (QED) is 0.478. The van der Waals surface area contributed by atoms with Gasteiger partial charge in [0.15, 0.2) is 0 Å².